The number of halogens is 1. The van der Waals surface area contributed by atoms with Gasteiger partial charge in [0.2, 0.25) is 11.8 Å². The van der Waals surface area contributed by atoms with Crippen LogP contribution in [-0.2, 0) is 22.6 Å². The number of aromatic nitrogens is 2. The Kier molecular flexibility index (Phi) is 7.26. The predicted molar refractivity (Wildman–Crippen MR) is 117 cm³/mol. The van der Waals surface area contributed by atoms with Gasteiger partial charge in [-0.2, -0.15) is 0 Å². The summed E-state index contributed by atoms with van der Waals surface area (Å²) in [7, 11) is 3.54. The van der Waals surface area contributed by atoms with Gasteiger partial charge in [0.05, 0.1) is 18.3 Å². The summed E-state index contributed by atoms with van der Waals surface area (Å²) in [4.78, 5) is 37.4. The second-order valence-electron chi connectivity index (χ2n) is 7.60. The standard InChI is InChI=1S/C22H28ClN5O2/c1-15(29)27(3)14-18-13-20(24-2)26-22(25-18)19-5-4-12-28(19)21(30)11-8-16-6-9-17(23)10-7-16/h6-7,9-10,13,19H,4-5,8,11-12,14H2,1-3H3,(H,24,25,26)/t19-/m0/s1. The van der Waals surface area contributed by atoms with Gasteiger partial charge < -0.3 is 15.1 Å². The molecule has 0 unspecified atom stereocenters. The molecule has 2 aromatic rings. The zero-order chi connectivity index (χ0) is 21.7. The van der Waals surface area contributed by atoms with Gasteiger partial charge in [-0.25, -0.2) is 9.97 Å². The highest BCUT2D eigenvalue weighted by atomic mass is 35.5. The molecule has 0 saturated carbocycles. The Morgan fingerprint density at radius 2 is 2.00 bits per heavy atom. The van der Waals surface area contributed by atoms with Gasteiger partial charge in [-0.3, -0.25) is 9.59 Å². The molecule has 30 heavy (non-hydrogen) atoms. The van der Waals surface area contributed by atoms with Crippen LogP contribution in [-0.4, -0.2) is 52.2 Å². The third-order valence-corrected chi connectivity index (χ3v) is 5.65. The van der Waals surface area contributed by atoms with Crippen LogP contribution < -0.4 is 5.32 Å². The van der Waals surface area contributed by atoms with E-state index in [1.54, 1.807) is 19.0 Å². The first-order valence-corrected chi connectivity index (χ1v) is 10.6. The van der Waals surface area contributed by atoms with Crippen LogP contribution >= 0.6 is 11.6 Å². The quantitative estimate of drug-likeness (QED) is 0.729. The summed E-state index contributed by atoms with van der Waals surface area (Å²) in [5.74, 6) is 1.40. The number of rotatable bonds is 7. The molecule has 1 aromatic heterocycles. The van der Waals surface area contributed by atoms with Gasteiger partial charge >= 0.3 is 0 Å². The average molecular weight is 430 g/mol. The van der Waals surface area contributed by atoms with Crippen LogP contribution in [0.15, 0.2) is 30.3 Å². The molecule has 7 nitrogen and oxygen atoms in total. The molecule has 8 heteroatoms. The molecule has 0 aliphatic carbocycles. The van der Waals surface area contributed by atoms with Gasteiger partial charge in [-0.05, 0) is 37.0 Å². The van der Waals surface area contributed by atoms with E-state index in [4.69, 9.17) is 16.6 Å². The third kappa shape index (κ3) is 5.48. The number of aryl methyl sites for hydroxylation is 1. The first-order chi connectivity index (χ1) is 14.4. The molecule has 1 N–H and O–H groups in total. The third-order valence-electron chi connectivity index (χ3n) is 5.40. The highest BCUT2D eigenvalue weighted by Crippen LogP contribution is 2.31. The summed E-state index contributed by atoms with van der Waals surface area (Å²) in [5.41, 5.74) is 1.84. The first kappa shape index (κ1) is 22.0. The van der Waals surface area contributed by atoms with E-state index >= 15 is 0 Å². The molecule has 160 valence electrons. The highest BCUT2D eigenvalue weighted by molar-refractivity contribution is 6.30. The maximum Gasteiger partial charge on any atom is 0.223 e. The number of carbonyl (C=O) groups excluding carboxylic acids is 2. The monoisotopic (exact) mass is 429 g/mol. The van der Waals surface area contributed by atoms with E-state index < -0.39 is 0 Å². The predicted octanol–water partition coefficient (Wildman–Crippen LogP) is 3.45. The summed E-state index contributed by atoms with van der Waals surface area (Å²) in [5, 5.41) is 3.75. The van der Waals surface area contributed by atoms with Crippen molar-refractivity contribution in [1.82, 2.24) is 19.8 Å². The fourth-order valence-corrected chi connectivity index (χ4v) is 3.74. The number of benzene rings is 1. The SMILES string of the molecule is CNc1cc(CN(C)C(C)=O)nc([C@@H]2CCCN2C(=O)CCc2ccc(Cl)cc2)n1. The van der Waals surface area contributed by atoms with Crippen molar-refractivity contribution in [3.63, 3.8) is 0 Å². The lowest BCUT2D eigenvalue weighted by Crippen LogP contribution is -2.32. The molecule has 1 atom stereocenters. The Balaban J connectivity index is 1.74. The summed E-state index contributed by atoms with van der Waals surface area (Å²) >= 11 is 5.94. The van der Waals surface area contributed by atoms with E-state index in [0.29, 0.717) is 42.6 Å². The van der Waals surface area contributed by atoms with Gasteiger partial charge in [0.15, 0.2) is 5.82 Å². The van der Waals surface area contributed by atoms with Crippen molar-refractivity contribution in [2.75, 3.05) is 26.0 Å². The molecule has 3 rings (SSSR count). The number of anilines is 1. The average Bonchev–Trinajstić information content (AvgIpc) is 3.23. The molecule has 2 heterocycles. The minimum absolute atomic E-state index is 0.0268. The molecular formula is C22H28ClN5O2. The van der Waals surface area contributed by atoms with Crippen LogP contribution in [0.4, 0.5) is 5.82 Å². The number of amides is 2. The molecule has 1 aliphatic heterocycles. The maximum atomic E-state index is 13.0. The lowest BCUT2D eigenvalue weighted by Gasteiger charge is -2.25. The number of nitrogens with zero attached hydrogens (tertiary/aromatic N) is 4. The van der Waals surface area contributed by atoms with Crippen molar-refractivity contribution < 1.29 is 9.59 Å². The van der Waals surface area contributed by atoms with Crippen molar-refractivity contribution in [3.05, 3.63) is 52.4 Å². The zero-order valence-electron chi connectivity index (χ0n) is 17.7. The van der Waals surface area contributed by atoms with Crippen molar-refractivity contribution >= 4 is 29.2 Å². The van der Waals surface area contributed by atoms with E-state index in [0.717, 1.165) is 24.1 Å². The van der Waals surface area contributed by atoms with Gasteiger partial charge in [-0.15, -0.1) is 0 Å². The van der Waals surface area contributed by atoms with Gasteiger partial charge in [0.1, 0.15) is 5.82 Å². The summed E-state index contributed by atoms with van der Waals surface area (Å²) in [6.45, 7) is 2.63. The lowest BCUT2D eigenvalue weighted by molar-refractivity contribution is -0.132. The molecule has 1 aliphatic rings. The van der Waals surface area contributed by atoms with Crippen LogP contribution in [0, 0.1) is 0 Å². The van der Waals surface area contributed by atoms with E-state index in [-0.39, 0.29) is 17.9 Å². The van der Waals surface area contributed by atoms with Crippen molar-refractivity contribution in [2.24, 2.45) is 0 Å². The lowest BCUT2D eigenvalue weighted by atomic mass is 10.1. The maximum absolute atomic E-state index is 13.0. The molecule has 1 saturated heterocycles. The fourth-order valence-electron chi connectivity index (χ4n) is 3.61. The largest absolute Gasteiger partial charge is 0.373 e. The zero-order valence-corrected chi connectivity index (χ0v) is 18.4. The minimum Gasteiger partial charge on any atom is -0.373 e. The summed E-state index contributed by atoms with van der Waals surface area (Å²) in [6.07, 6.45) is 2.87. The topological polar surface area (TPSA) is 78.4 Å². The summed E-state index contributed by atoms with van der Waals surface area (Å²) in [6, 6.07) is 9.29. The summed E-state index contributed by atoms with van der Waals surface area (Å²) < 4.78 is 0. The van der Waals surface area contributed by atoms with E-state index in [2.05, 4.69) is 10.3 Å². The number of hydrogen-bond donors (Lipinski definition) is 1. The van der Waals surface area contributed by atoms with Crippen LogP contribution in [0.5, 0.6) is 0 Å². The van der Waals surface area contributed by atoms with Crippen LogP contribution in [0.1, 0.15) is 49.3 Å². The number of likely N-dealkylation sites (tertiary alicyclic amines) is 1. The fraction of sp³-hybridized carbons (Fsp3) is 0.455. The van der Waals surface area contributed by atoms with E-state index in [1.165, 1.54) is 6.92 Å². The Morgan fingerprint density at radius 1 is 1.27 bits per heavy atom. The van der Waals surface area contributed by atoms with Gasteiger partial charge in [0, 0.05) is 45.1 Å². The molecule has 0 bridgehead atoms. The van der Waals surface area contributed by atoms with Crippen molar-refractivity contribution in [1.29, 1.82) is 0 Å². The minimum atomic E-state index is -0.141. The Bertz CT molecular complexity index is 903. The van der Waals surface area contributed by atoms with Gasteiger partial charge in [-0.1, -0.05) is 23.7 Å². The van der Waals surface area contributed by atoms with Crippen LogP contribution in [0.25, 0.3) is 0 Å². The second kappa shape index (κ2) is 9.89. The number of carbonyl (C=O) groups is 2. The first-order valence-electron chi connectivity index (χ1n) is 10.2. The van der Waals surface area contributed by atoms with Gasteiger partial charge in [0.25, 0.3) is 0 Å². The highest BCUT2D eigenvalue weighted by Gasteiger charge is 2.32. The Morgan fingerprint density at radius 3 is 2.67 bits per heavy atom. The Hall–Kier alpha value is -2.67. The molecular weight excluding hydrogens is 402 g/mol. The van der Waals surface area contributed by atoms with Crippen molar-refractivity contribution in [3.8, 4) is 0 Å². The molecule has 0 radical (unpaired) electrons. The van der Waals surface area contributed by atoms with E-state index in [9.17, 15) is 9.59 Å². The molecule has 0 spiro atoms. The molecule has 2 amide bonds. The molecule has 1 aromatic carbocycles. The van der Waals surface area contributed by atoms with E-state index in [1.807, 2.05) is 35.2 Å². The molecule has 1 fully saturated rings. The van der Waals surface area contributed by atoms with Crippen LogP contribution in [0.2, 0.25) is 5.02 Å². The smallest absolute Gasteiger partial charge is 0.223 e. The van der Waals surface area contributed by atoms with Crippen LogP contribution in [0.3, 0.4) is 0 Å². The normalized spacial score (nSPS) is 15.9. The Labute approximate surface area is 182 Å². The van der Waals surface area contributed by atoms with Crippen molar-refractivity contribution in [2.45, 2.75) is 45.2 Å². The number of nitrogens with one attached hydrogen (secondary N) is 1. The second-order valence-corrected chi connectivity index (χ2v) is 8.04. The number of hydrogen-bond acceptors (Lipinski definition) is 5.